The third-order valence-electron chi connectivity index (χ3n) is 3.68. The summed E-state index contributed by atoms with van der Waals surface area (Å²) in [4.78, 5) is 20.8. The van der Waals surface area contributed by atoms with Crippen LogP contribution in [0.2, 0.25) is 10.0 Å². The smallest absolute Gasteiger partial charge is 0.291 e. The largest absolute Gasteiger partial charge is 0.343 e. The fourth-order valence-electron chi connectivity index (χ4n) is 2.47. The van der Waals surface area contributed by atoms with Crippen molar-refractivity contribution in [2.75, 3.05) is 0 Å². The Morgan fingerprint density at radius 1 is 1.20 bits per heavy atom. The molecule has 3 rings (SSSR count). The van der Waals surface area contributed by atoms with Gasteiger partial charge in [-0.2, -0.15) is 4.98 Å². The number of fused-ring (bicyclic) bond motifs is 1. The van der Waals surface area contributed by atoms with Gasteiger partial charge >= 0.3 is 0 Å². The van der Waals surface area contributed by atoms with Gasteiger partial charge in [0, 0.05) is 16.4 Å². The summed E-state index contributed by atoms with van der Waals surface area (Å²) in [5.74, 6) is -0.811. The van der Waals surface area contributed by atoms with Crippen LogP contribution in [-0.4, -0.2) is 25.5 Å². The molecule has 130 valence electrons. The summed E-state index contributed by atoms with van der Waals surface area (Å²) in [6.45, 7) is 5.35. The molecule has 2 heterocycles. The molecule has 0 bridgehead atoms. The Morgan fingerprint density at radius 2 is 1.92 bits per heavy atom. The molecule has 3 aromatic rings. The van der Waals surface area contributed by atoms with Gasteiger partial charge in [-0.1, -0.05) is 23.2 Å². The van der Waals surface area contributed by atoms with Gasteiger partial charge in [-0.05, 0) is 44.5 Å². The zero-order chi connectivity index (χ0) is 18.3. The van der Waals surface area contributed by atoms with Gasteiger partial charge in [-0.3, -0.25) is 4.79 Å². The van der Waals surface area contributed by atoms with E-state index in [9.17, 15) is 9.18 Å². The molecule has 0 spiro atoms. The van der Waals surface area contributed by atoms with Crippen molar-refractivity contribution < 1.29 is 9.18 Å². The highest BCUT2D eigenvalue weighted by molar-refractivity contribution is 6.35. The van der Waals surface area contributed by atoms with Crippen molar-refractivity contribution in [2.24, 2.45) is 0 Å². The number of nitrogens with one attached hydrogen (secondary N) is 1. The lowest BCUT2D eigenvalue weighted by Crippen LogP contribution is -2.28. The van der Waals surface area contributed by atoms with Crippen LogP contribution in [0.4, 0.5) is 4.39 Å². The number of carbonyl (C=O) groups excluding carboxylic acids is 1. The van der Waals surface area contributed by atoms with E-state index in [0.29, 0.717) is 11.3 Å². The number of aromatic nitrogens is 4. The maximum atomic E-state index is 13.7. The van der Waals surface area contributed by atoms with Crippen molar-refractivity contribution in [2.45, 2.75) is 26.8 Å². The lowest BCUT2D eigenvalue weighted by molar-refractivity contribution is 0.0929. The van der Waals surface area contributed by atoms with Crippen molar-refractivity contribution in [1.29, 1.82) is 0 Å². The number of halogens is 3. The quantitative estimate of drug-likeness (QED) is 0.702. The summed E-state index contributed by atoms with van der Waals surface area (Å²) in [5, 5.41) is 7.03. The molecule has 1 atom stereocenters. The van der Waals surface area contributed by atoms with E-state index in [-0.39, 0.29) is 15.9 Å². The molecule has 1 amide bonds. The Hall–Kier alpha value is -2.25. The minimum absolute atomic E-state index is 0.0291. The Labute approximate surface area is 153 Å². The lowest BCUT2D eigenvalue weighted by atomic mass is 10.1. The van der Waals surface area contributed by atoms with Crippen molar-refractivity contribution in [3.05, 3.63) is 56.8 Å². The monoisotopic (exact) mass is 381 g/mol. The number of nitrogens with zero attached hydrogens (tertiary/aromatic N) is 4. The Balaban J connectivity index is 1.87. The first-order valence-electron chi connectivity index (χ1n) is 7.42. The van der Waals surface area contributed by atoms with Gasteiger partial charge in [0.05, 0.1) is 11.1 Å². The molecule has 0 saturated carbocycles. The highest BCUT2D eigenvalue weighted by Gasteiger charge is 2.20. The third kappa shape index (κ3) is 3.43. The second-order valence-corrected chi connectivity index (χ2v) is 6.48. The van der Waals surface area contributed by atoms with E-state index < -0.39 is 17.8 Å². The fraction of sp³-hybridized carbons (Fsp3) is 0.250. The second kappa shape index (κ2) is 6.57. The lowest BCUT2D eigenvalue weighted by Gasteiger charge is -2.15. The molecule has 1 unspecified atom stereocenters. The number of benzene rings is 1. The summed E-state index contributed by atoms with van der Waals surface area (Å²) >= 11 is 11.8. The normalized spacial score (nSPS) is 12.4. The molecule has 1 aromatic carbocycles. The van der Waals surface area contributed by atoms with Crippen LogP contribution in [-0.2, 0) is 0 Å². The summed E-state index contributed by atoms with van der Waals surface area (Å²) in [6, 6.07) is 3.77. The molecule has 6 nitrogen and oxygen atoms in total. The molecular weight excluding hydrogens is 368 g/mol. The minimum Gasteiger partial charge on any atom is -0.343 e. The van der Waals surface area contributed by atoms with Gasteiger partial charge in [-0.15, -0.1) is 5.10 Å². The summed E-state index contributed by atoms with van der Waals surface area (Å²) in [6.07, 6.45) is 0. The third-order valence-corrected chi connectivity index (χ3v) is 4.29. The Bertz CT molecular complexity index is 988. The first-order valence-corrected chi connectivity index (χ1v) is 8.18. The van der Waals surface area contributed by atoms with E-state index >= 15 is 0 Å². The molecule has 1 N–H and O–H groups in total. The predicted molar refractivity (Wildman–Crippen MR) is 92.6 cm³/mol. The predicted octanol–water partition coefficient (Wildman–Crippen LogP) is 3.68. The molecule has 0 aliphatic carbocycles. The average Bonchev–Trinajstić information content (AvgIpc) is 2.95. The van der Waals surface area contributed by atoms with E-state index in [2.05, 4.69) is 20.4 Å². The number of rotatable bonds is 3. The van der Waals surface area contributed by atoms with E-state index in [1.807, 2.05) is 19.9 Å². The average molecular weight is 382 g/mol. The Kier molecular flexibility index (Phi) is 4.62. The number of carbonyl (C=O) groups is 1. The van der Waals surface area contributed by atoms with Crippen molar-refractivity contribution in [3.63, 3.8) is 0 Å². The van der Waals surface area contributed by atoms with Gasteiger partial charge in [0.2, 0.25) is 5.82 Å². The molecule has 0 aliphatic heterocycles. The SMILES string of the molecule is Cc1cc(C)n2nc(C(=O)NC(C)c3cc(F)c(Cl)cc3Cl)nc2n1. The van der Waals surface area contributed by atoms with Gasteiger partial charge < -0.3 is 5.32 Å². The first kappa shape index (κ1) is 17.6. The van der Waals surface area contributed by atoms with E-state index in [0.717, 1.165) is 11.4 Å². The maximum Gasteiger partial charge on any atom is 0.291 e. The number of hydrogen-bond acceptors (Lipinski definition) is 4. The van der Waals surface area contributed by atoms with Gasteiger partial charge in [-0.25, -0.2) is 13.9 Å². The summed E-state index contributed by atoms with van der Waals surface area (Å²) in [5.41, 5.74) is 2.00. The molecule has 0 fully saturated rings. The summed E-state index contributed by atoms with van der Waals surface area (Å²) in [7, 11) is 0. The standard InChI is InChI=1S/C16H14Cl2FN5O/c1-7-4-8(2)24-16(20-7)22-14(23-24)15(25)21-9(3)10-5-13(19)12(18)6-11(10)17/h4-6,9H,1-3H3,(H,21,25). The number of amides is 1. The van der Waals surface area contributed by atoms with Crippen LogP contribution in [0, 0.1) is 19.7 Å². The van der Waals surface area contributed by atoms with Crippen LogP contribution in [0.15, 0.2) is 18.2 Å². The zero-order valence-corrected chi connectivity index (χ0v) is 15.2. The van der Waals surface area contributed by atoms with Crippen LogP contribution < -0.4 is 5.32 Å². The minimum atomic E-state index is -0.608. The fourth-order valence-corrected chi connectivity index (χ4v) is 3.02. The maximum absolute atomic E-state index is 13.7. The van der Waals surface area contributed by atoms with Crippen LogP contribution in [0.5, 0.6) is 0 Å². The van der Waals surface area contributed by atoms with E-state index in [4.69, 9.17) is 23.2 Å². The molecule has 0 saturated heterocycles. The van der Waals surface area contributed by atoms with Crippen LogP contribution in [0.3, 0.4) is 0 Å². The highest BCUT2D eigenvalue weighted by Crippen LogP contribution is 2.28. The van der Waals surface area contributed by atoms with Crippen molar-refractivity contribution >= 4 is 34.9 Å². The molecular formula is C16H14Cl2FN5O. The van der Waals surface area contributed by atoms with E-state index in [1.54, 1.807) is 6.92 Å². The summed E-state index contributed by atoms with van der Waals surface area (Å²) < 4.78 is 15.1. The molecule has 2 aromatic heterocycles. The molecule has 9 heteroatoms. The van der Waals surface area contributed by atoms with Crippen molar-refractivity contribution in [1.82, 2.24) is 24.9 Å². The topological polar surface area (TPSA) is 72.2 Å². The van der Waals surface area contributed by atoms with Crippen LogP contribution in [0.1, 0.15) is 40.5 Å². The van der Waals surface area contributed by atoms with Crippen LogP contribution >= 0.6 is 23.2 Å². The zero-order valence-electron chi connectivity index (χ0n) is 13.6. The molecule has 0 radical (unpaired) electrons. The number of aryl methyl sites for hydroxylation is 2. The van der Waals surface area contributed by atoms with Gasteiger partial charge in [0.25, 0.3) is 11.7 Å². The van der Waals surface area contributed by atoms with Gasteiger partial charge in [0.1, 0.15) is 5.82 Å². The van der Waals surface area contributed by atoms with Gasteiger partial charge in [0.15, 0.2) is 0 Å². The molecule has 25 heavy (non-hydrogen) atoms. The van der Waals surface area contributed by atoms with Crippen LogP contribution in [0.25, 0.3) is 5.78 Å². The number of hydrogen-bond donors (Lipinski definition) is 1. The highest BCUT2D eigenvalue weighted by atomic mass is 35.5. The van der Waals surface area contributed by atoms with E-state index in [1.165, 1.54) is 16.6 Å². The Morgan fingerprint density at radius 3 is 2.64 bits per heavy atom. The second-order valence-electron chi connectivity index (χ2n) is 5.67. The van der Waals surface area contributed by atoms with Crippen molar-refractivity contribution in [3.8, 4) is 0 Å². The first-order chi connectivity index (χ1) is 11.8. The molecule has 0 aliphatic rings.